The SMILES string of the molecule is N#Cc1cccc2c1[nH]c(=O)n1nc(-c3cn[nH]c3)nc21. The molecule has 1 aromatic carbocycles. The molecule has 0 saturated heterocycles. The van der Waals surface area contributed by atoms with Gasteiger partial charge in [-0.2, -0.15) is 14.9 Å². The molecule has 3 aromatic heterocycles. The molecule has 0 unspecified atom stereocenters. The van der Waals surface area contributed by atoms with E-state index in [1.807, 2.05) is 0 Å². The van der Waals surface area contributed by atoms with E-state index in [1.165, 1.54) is 4.52 Å². The van der Waals surface area contributed by atoms with E-state index in [1.54, 1.807) is 30.6 Å². The molecule has 100 valence electrons. The third-order valence-electron chi connectivity index (χ3n) is 3.21. The second-order valence-electron chi connectivity index (χ2n) is 4.43. The number of nitrogens with one attached hydrogen (secondary N) is 2. The molecular formula is C13H7N7O. The van der Waals surface area contributed by atoms with Crippen molar-refractivity contribution in [2.45, 2.75) is 0 Å². The van der Waals surface area contributed by atoms with Gasteiger partial charge in [-0.1, -0.05) is 6.07 Å². The van der Waals surface area contributed by atoms with Crippen molar-refractivity contribution in [1.29, 1.82) is 5.26 Å². The molecule has 8 nitrogen and oxygen atoms in total. The highest BCUT2D eigenvalue weighted by Gasteiger charge is 2.14. The van der Waals surface area contributed by atoms with Gasteiger partial charge in [-0.25, -0.2) is 9.78 Å². The maximum absolute atomic E-state index is 12.1. The molecule has 8 heteroatoms. The maximum Gasteiger partial charge on any atom is 0.348 e. The summed E-state index contributed by atoms with van der Waals surface area (Å²) in [6, 6.07) is 7.22. The molecule has 0 saturated carbocycles. The van der Waals surface area contributed by atoms with Gasteiger partial charge >= 0.3 is 5.69 Å². The first-order valence-corrected chi connectivity index (χ1v) is 6.09. The molecule has 0 atom stereocenters. The topological polar surface area (TPSA) is 116 Å². The lowest BCUT2D eigenvalue weighted by Gasteiger charge is -2.00. The minimum absolute atomic E-state index is 0.389. The zero-order valence-electron chi connectivity index (χ0n) is 10.5. The van der Waals surface area contributed by atoms with Gasteiger partial charge in [0.1, 0.15) is 6.07 Å². The molecule has 4 aromatic rings. The van der Waals surface area contributed by atoms with Gasteiger partial charge in [-0.3, -0.25) is 5.10 Å². The number of aromatic amines is 2. The molecule has 0 radical (unpaired) electrons. The highest BCUT2D eigenvalue weighted by atomic mass is 16.1. The van der Waals surface area contributed by atoms with Crippen molar-refractivity contribution in [2.75, 3.05) is 0 Å². The monoisotopic (exact) mass is 277 g/mol. The Morgan fingerprint density at radius 2 is 2.24 bits per heavy atom. The lowest BCUT2D eigenvalue weighted by molar-refractivity contribution is 0.885. The van der Waals surface area contributed by atoms with Crippen LogP contribution in [0.5, 0.6) is 0 Å². The zero-order chi connectivity index (χ0) is 14.4. The van der Waals surface area contributed by atoms with Crippen LogP contribution in [0.25, 0.3) is 27.9 Å². The second-order valence-corrected chi connectivity index (χ2v) is 4.43. The molecule has 4 rings (SSSR count). The van der Waals surface area contributed by atoms with E-state index in [-0.39, 0.29) is 0 Å². The Balaban J connectivity index is 2.16. The number of fused-ring (bicyclic) bond motifs is 3. The van der Waals surface area contributed by atoms with Gasteiger partial charge in [0.2, 0.25) is 0 Å². The van der Waals surface area contributed by atoms with Crippen LogP contribution in [0.15, 0.2) is 35.4 Å². The van der Waals surface area contributed by atoms with Crippen molar-refractivity contribution in [3.8, 4) is 17.5 Å². The van der Waals surface area contributed by atoms with Crippen LogP contribution in [0.3, 0.4) is 0 Å². The maximum atomic E-state index is 12.1. The Labute approximate surface area is 116 Å². The number of aromatic nitrogens is 6. The number of hydrogen-bond acceptors (Lipinski definition) is 5. The van der Waals surface area contributed by atoms with Crippen LogP contribution in [0.2, 0.25) is 0 Å². The van der Waals surface area contributed by atoms with E-state index in [0.717, 1.165) is 0 Å². The van der Waals surface area contributed by atoms with E-state index in [2.05, 4.69) is 31.3 Å². The minimum atomic E-state index is -0.442. The molecule has 0 spiro atoms. The number of nitrogens with zero attached hydrogens (tertiary/aromatic N) is 5. The third kappa shape index (κ3) is 1.54. The summed E-state index contributed by atoms with van der Waals surface area (Å²) in [7, 11) is 0. The second kappa shape index (κ2) is 4.01. The van der Waals surface area contributed by atoms with E-state index in [4.69, 9.17) is 5.26 Å². The van der Waals surface area contributed by atoms with Crippen LogP contribution in [0, 0.1) is 11.3 Å². The van der Waals surface area contributed by atoms with Crippen LogP contribution in [0.1, 0.15) is 5.56 Å². The van der Waals surface area contributed by atoms with Crippen LogP contribution >= 0.6 is 0 Å². The molecule has 2 N–H and O–H groups in total. The summed E-state index contributed by atoms with van der Waals surface area (Å²) in [4.78, 5) is 19.2. The van der Waals surface area contributed by atoms with Crippen LogP contribution in [0.4, 0.5) is 0 Å². The molecule has 21 heavy (non-hydrogen) atoms. The fourth-order valence-electron chi connectivity index (χ4n) is 2.25. The minimum Gasteiger partial charge on any atom is -0.304 e. The summed E-state index contributed by atoms with van der Waals surface area (Å²) in [5, 5.41) is 20.5. The standard InChI is InChI=1S/C13H7N7O/c14-4-7-2-1-3-9-10(7)17-13(21)20-12(9)18-11(19-20)8-5-15-16-6-8/h1-3,5-6H,(H,15,16)(H,17,21). The molecule has 0 amide bonds. The predicted molar refractivity (Wildman–Crippen MR) is 73.4 cm³/mol. The summed E-state index contributed by atoms with van der Waals surface area (Å²) < 4.78 is 1.19. The highest BCUT2D eigenvalue weighted by Crippen LogP contribution is 2.20. The van der Waals surface area contributed by atoms with Crippen molar-refractivity contribution in [2.24, 2.45) is 0 Å². The zero-order valence-corrected chi connectivity index (χ0v) is 10.5. The van der Waals surface area contributed by atoms with Crippen LogP contribution in [-0.4, -0.2) is 29.8 Å². The largest absolute Gasteiger partial charge is 0.348 e. The number of nitriles is 1. The first-order valence-electron chi connectivity index (χ1n) is 6.09. The summed E-state index contributed by atoms with van der Waals surface area (Å²) in [5.41, 5.74) is 1.50. The van der Waals surface area contributed by atoms with Crippen molar-refractivity contribution in [3.05, 3.63) is 46.6 Å². The third-order valence-corrected chi connectivity index (χ3v) is 3.21. The van der Waals surface area contributed by atoms with Gasteiger partial charge in [0.15, 0.2) is 11.5 Å². The average Bonchev–Trinajstić information content (AvgIpc) is 3.16. The highest BCUT2D eigenvalue weighted by molar-refractivity contribution is 5.94. The van der Waals surface area contributed by atoms with E-state index in [0.29, 0.717) is 33.5 Å². The first kappa shape index (κ1) is 11.4. The summed E-state index contributed by atoms with van der Waals surface area (Å²) in [5.74, 6) is 0.393. The molecule has 0 aliphatic carbocycles. The Morgan fingerprint density at radius 1 is 1.33 bits per heavy atom. The van der Waals surface area contributed by atoms with Crippen molar-refractivity contribution in [1.82, 2.24) is 29.8 Å². The van der Waals surface area contributed by atoms with E-state index >= 15 is 0 Å². The number of benzene rings is 1. The number of hydrogen-bond donors (Lipinski definition) is 2. The molecule has 3 heterocycles. The fraction of sp³-hybridized carbons (Fsp3) is 0. The van der Waals surface area contributed by atoms with Crippen molar-refractivity contribution < 1.29 is 0 Å². The summed E-state index contributed by atoms with van der Waals surface area (Å²) in [6.07, 6.45) is 3.22. The number of para-hydroxylation sites is 1. The fourth-order valence-corrected chi connectivity index (χ4v) is 2.25. The smallest absolute Gasteiger partial charge is 0.304 e. The van der Waals surface area contributed by atoms with Crippen molar-refractivity contribution in [3.63, 3.8) is 0 Å². The Hall–Kier alpha value is -3.47. The van der Waals surface area contributed by atoms with Gasteiger partial charge in [-0.15, -0.1) is 5.10 Å². The summed E-state index contributed by atoms with van der Waals surface area (Å²) >= 11 is 0. The Bertz CT molecular complexity index is 1070. The quantitative estimate of drug-likeness (QED) is 0.534. The molecule has 0 aliphatic rings. The molecular weight excluding hydrogens is 270 g/mol. The molecule has 0 fully saturated rings. The molecule has 0 bridgehead atoms. The Morgan fingerprint density at radius 3 is 3.00 bits per heavy atom. The van der Waals surface area contributed by atoms with Gasteiger partial charge in [0.05, 0.1) is 22.8 Å². The first-order chi connectivity index (χ1) is 10.3. The predicted octanol–water partition coefficient (Wildman–Crippen LogP) is 0.833. The van der Waals surface area contributed by atoms with Crippen molar-refractivity contribution >= 4 is 16.6 Å². The molecule has 0 aliphatic heterocycles. The van der Waals surface area contributed by atoms with Gasteiger partial charge < -0.3 is 4.98 Å². The average molecular weight is 277 g/mol. The lowest BCUT2D eigenvalue weighted by atomic mass is 10.1. The van der Waals surface area contributed by atoms with Crippen LogP contribution in [-0.2, 0) is 0 Å². The van der Waals surface area contributed by atoms with Gasteiger partial charge in [-0.05, 0) is 12.1 Å². The Kier molecular flexibility index (Phi) is 2.17. The number of H-pyrrole nitrogens is 2. The number of rotatable bonds is 1. The van der Waals surface area contributed by atoms with Gasteiger partial charge in [0, 0.05) is 11.6 Å². The normalized spacial score (nSPS) is 11.0. The summed E-state index contributed by atoms with van der Waals surface area (Å²) in [6.45, 7) is 0. The van der Waals surface area contributed by atoms with Gasteiger partial charge in [0.25, 0.3) is 0 Å². The van der Waals surface area contributed by atoms with E-state index in [9.17, 15) is 4.79 Å². The van der Waals surface area contributed by atoms with E-state index < -0.39 is 5.69 Å². The van der Waals surface area contributed by atoms with Crippen LogP contribution < -0.4 is 5.69 Å². The lowest BCUT2D eigenvalue weighted by Crippen LogP contribution is -2.17.